The van der Waals surface area contributed by atoms with Gasteiger partial charge >= 0.3 is 7.60 Å². The van der Waals surface area contributed by atoms with Gasteiger partial charge in [0.15, 0.2) is 11.5 Å². The molecular formula is C29H54N5O4P. The number of hydrogen-bond donors (Lipinski definition) is 2. The van der Waals surface area contributed by atoms with Gasteiger partial charge in [0.25, 0.3) is 0 Å². The minimum Gasteiger partial charge on any atom is -0.382 e. The van der Waals surface area contributed by atoms with Gasteiger partial charge in [-0.05, 0) is 13.3 Å². The first kappa shape index (κ1) is 33.7. The van der Waals surface area contributed by atoms with E-state index in [0.29, 0.717) is 23.5 Å². The molecule has 2 rings (SSSR count). The van der Waals surface area contributed by atoms with Crippen molar-refractivity contribution in [1.29, 1.82) is 0 Å². The van der Waals surface area contributed by atoms with Crippen LogP contribution in [-0.2, 0) is 20.4 Å². The van der Waals surface area contributed by atoms with Crippen LogP contribution in [0.15, 0.2) is 12.7 Å². The number of unbranched alkanes of at least 4 members (excludes halogenated alkanes) is 17. The number of rotatable bonds is 25. The molecule has 0 radical (unpaired) electrons. The zero-order valence-electron chi connectivity index (χ0n) is 24.6. The maximum atomic E-state index is 12.3. The van der Waals surface area contributed by atoms with Crippen molar-refractivity contribution >= 4 is 24.6 Å². The van der Waals surface area contributed by atoms with Crippen LogP contribution in [0.25, 0.3) is 11.2 Å². The van der Waals surface area contributed by atoms with Crippen molar-refractivity contribution in [3.05, 3.63) is 12.7 Å². The van der Waals surface area contributed by atoms with E-state index in [2.05, 4.69) is 21.9 Å². The summed E-state index contributed by atoms with van der Waals surface area (Å²) in [6, 6.07) is 0. The van der Waals surface area contributed by atoms with Crippen molar-refractivity contribution in [2.75, 3.05) is 18.7 Å². The monoisotopic (exact) mass is 567 g/mol. The first-order valence-electron chi connectivity index (χ1n) is 15.4. The maximum absolute atomic E-state index is 12.3. The van der Waals surface area contributed by atoms with Crippen LogP contribution in [0.2, 0.25) is 0 Å². The molecule has 0 aliphatic carbocycles. The molecule has 10 heteroatoms. The fourth-order valence-corrected chi connectivity index (χ4v) is 5.76. The number of ether oxygens (including phenoxy) is 1. The molecule has 0 aliphatic rings. The Bertz CT molecular complexity index is 942. The van der Waals surface area contributed by atoms with Gasteiger partial charge in [0.05, 0.1) is 25.6 Å². The molecular weight excluding hydrogens is 513 g/mol. The van der Waals surface area contributed by atoms with Gasteiger partial charge in [-0.3, -0.25) is 4.57 Å². The third-order valence-corrected chi connectivity index (χ3v) is 8.26. The first-order chi connectivity index (χ1) is 18.9. The van der Waals surface area contributed by atoms with E-state index in [9.17, 15) is 9.46 Å². The molecule has 0 amide bonds. The zero-order chi connectivity index (χ0) is 28.2. The number of nitrogens with two attached hydrogens (primary N) is 1. The lowest BCUT2D eigenvalue weighted by molar-refractivity contribution is 0.0715. The van der Waals surface area contributed by atoms with Crippen molar-refractivity contribution in [1.82, 2.24) is 19.5 Å². The van der Waals surface area contributed by atoms with Crippen LogP contribution >= 0.6 is 7.60 Å². The number of fused-ring (bicyclic) bond motifs is 1. The molecule has 0 fully saturated rings. The standard InChI is InChI=1S/C29H54N5O4P/c1-3-4-5-6-7-8-9-10-11-12-13-14-15-16-17-18-19-20-21-38-39(35,36)25-37-26(2)22-34-24-33-27-28(30)31-23-32-29(27)34/h23-24,26H,3-22,25H2,1-2H3,(H,35,36)(H2,30,31,32)/t26-/m1/s1. The molecule has 2 aromatic rings. The van der Waals surface area contributed by atoms with E-state index in [1.165, 1.54) is 103 Å². The van der Waals surface area contributed by atoms with Gasteiger partial charge in [0.1, 0.15) is 18.2 Å². The van der Waals surface area contributed by atoms with Crippen LogP contribution in [0.1, 0.15) is 129 Å². The maximum Gasteiger partial charge on any atom is 0.353 e. The van der Waals surface area contributed by atoms with Crippen LogP contribution in [0, 0.1) is 0 Å². The Morgan fingerprint density at radius 1 is 0.846 bits per heavy atom. The summed E-state index contributed by atoms with van der Waals surface area (Å²) >= 11 is 0. The van der Waals surface area contributed by atoms with Crippen LogP contribution < -0.4 is 5.73 Å². The zero-order valence-corrected chi connectivity index (χ0v) is 25.5. The highest BCUT2D eigenvalue weighted by atomic mass is 31.2. The summed E-state index contributed by atoms with van der Waals surface area (Å²) < 4.78 is 25.0. The fraction of sp³-hybridized carbons (Fsp3) is 0.828. The van der Waals surface area contributed by atoms with Gasteiger partial charge in [0.2, 0.25) is 0 Å². The molecule has 9 nitrogen and oxygen atoms in total. The number of imidazole rings is 1. The van der Waals surface area contributed by atoms with Crippen LogP contribution in [0.5, 0.6) is 0 Å². The molecule has 2 heterocycles. The van der Waals surface area contributed by atoms with Gasteiger partial charge in [-0.15, -0.1) is 0 Å². The molecule has 0 saturated carbocycles. The molecule has 1 unspecified atom stereocenters. The number of hydrogen-bond acceptors (Lipinski definition) is 7. The Kier molecular flexibility index (Phi) is 17.6. The Balaban J connectivity index is 1.38. The largest absolute Gasteiger partial charge is 0.382 e. The van der Waals surface area contributed by atoms with Gasteiger partial charge < -0.3 is 24.5 Å². The molecule has 0 saturated heterocycles. The van der Waals surface area contributed by atoms with E-state index in [-0.39, 0.29) is 19.1 Å². The lowest BCUT2D eigenvalue weighted by atomic mass is 10.0. The van der Waals surface area contributed by atoms with E-state index in [0.717, 1.165) is 19.3 Å². The topological polar surface area (TPSA) is 125 Å². The van der Waals surface area contributed by atoms with Crippen molar-refractivity contribution < 1.29 is 18.7 Å². The highest BCUT2D eigenvalue weighted by Gasteiger charge is 2.21. The summed E-state index contributed by atoms with van der Waals surface area (Å²) in [6.45, 7) is 4.81. The molecule has 39 heavy (non-hydrogen) atoms. The second-order valence-corrected chi connectivity index (χ2v) is 12.7. The second-order valence-electron chi connectivity index (χ2n) is 10.9. The van der Waals surface area contributed by atoms with Crippen LogP contribution in [0.4, 0.5) is 5.82 Å². The van der Waals surface area contributed by atoms with E-state index in [4.69, 9.17) is 15.0 Å². The Morgan fingerprint density at radius 3 is 1.90 bits per heavy atom. The Hall–Kier alpha value is -1.54. The second kappa shape index (κ2) is 20.4. The smallest absolute Gasteiger partial charge is 0.353 e. The number of nitrogens with zero attached hydrogens (tertiary/aromatic N) is 4. The number of nitrogen functional groups attached to an aromatic ring is 1. The van der Waals surface area contributed by atoms with E-state index in [1.54, 1.807) is 10.9 Å². The summed E-state index contributed by atoms with van der Waals surface area (Å²) in [5.41, 5.74) is 6.95. The predicted octanol–water partition coefficient (Wildman–Crippen LogP) is 8.01. The molecule has 224 valence electrons. The van der Waals surface area contributed by atoms with Gasteiger partial charge in [-0.25, -0.2) is 15.0 Å². The highest BCUT2D eigenvalue weighted by molar-refractivity contribution is 7.52. The molecule has 2 aromatic heterocycles. The van der Waals surface area contributed by atoms with Gasteiger partial charge in [-0.2, -0.15) is 0 Å². The van der Waals surface area contributed by atoms with E-state index < -0.39 is 7.60 Å². The van der Waals surface area contributed by atoms with E-state index >= 15 is 0 Å². The van der Waals surface area contributed by atoms with Crippen molar-refractivity contribution in [2.45, 2.75) is 142 Å². The molecule has 0 spiro atoms. The summed E-state index contributed by atoms with van der Waals surface area (Å²) in [5, 5.41) is 0. The minimum absolute atomic E-state index is 0.284. The lowest BCUT2D eigenvalue weighted by Crippen LogP contribution is -2.17. The average Bonchev–Trinajstić information content (AvgIpc) is 3.32. The average molecular weight is 568 g/mol. The third-order valence-electron chi connectivity index (χ3n) is 7.20. The summed E-state index contributed by atoms with van der Waals surface area (Å²) in [6.07, 6.45) is 25.9. The normalized spacial score (nSPS) is 14.1. The van der Waals surface area contributed by atoms with Gasteiger partial charge in [-0.1, -0.05) is 116 Å². The Morgan fingerprint density at radius 2 is 1.36 bits per heavy atom. The van der Waals surface area contributed by atoms with Crippen LogP contribution in [0.3, 0.4) is 0 Å². The fourth-order valence-electron chi connectivity index (χ4n) is 4.83. The number of aromatic nitrogens is 4. The molecule has 0 aromatic carbocycles. The molecule has 0 aliphatic heterocycles. The quantitative estimate of drug-likeness (QED) is 0.0912. The van der Waals surface area contributed by atoms with Gasteiger partial charge in [0, 0.05) is 0 Å². The Labute approximate surface area is 236 Å². The van der Waals surface area contributed by atoms with Crippen molar-refractivity contribution in [2.24, 2.45) is 0 Å². The summed E-state index contributed by atoms with van der Waals surface area (Å²) in [7, 11) is -3.78. The van der Waals surface area contributed by atoms with Crippen molar-refractivity contribution in [3.63, 3.8) is 0 Å². The highest BCUT2D eigenvalue weighted by Crippen LogP contribution is 2.42. The van der Waals surface area contributed by atoms with Crippen LogP contribution in [-0.4, -0.2) is 43.5 Å². The SMILES string of the molecule is CCCCCCCCCCCCCCCCCCCCOP(=O)(O)CO[C@H](C)Cn1cnc2c(N)ncnc21. The minimum atomic E-state index is -3.78. The summed E-state index contributed by atoms with van der Waals surface area (Å²) in [5.74, 6) is 0.320. The molecule has 2 atom stereocenters. The molecule has 0 bridgehead atoms. The van der Waals surface area contributed by atoms with Crippen molar-refractivity contribution in [3.8, 4) is 0 Å². The summed E-state index contributed by atoms with van der Waals surface area (Å²) in [4.78, 5) is 22.4. The third kappa shape index (κ3) is 15.1. The predicted molar refractivity (Wildman–Crippen MR) is 160 cm³/mol. The first-order valence-corrected chi connectivity index (χ1v) is 17.2. The molecule has 3 N–H and O–H groups in total. The number of anilines is 1. The van der Waals surface area contributed by atoms with E-state index in [1.807, 2.05) is 6.92 Å². The lowest BCUT2D eigenvalue weighted by Gasteiger charge is -2.17.